The molecule has 0 saturated heterocycles. The lowest BCUT2D eigenvalue weighted by atomic mass is 9.94. The van der Waals surface area contributed by atoms with Crippen molar-refractivity contribution in [1.29, 1.82) is 0 Å². The Morgan fingerprint density at radius 2 is 1.87 bits per heavy atom. The molecule has 15 heavy (non-hydrogen) atoms. The summed E-state index contributed by atoms with van der Waals surface area (Å²) in [5.41, 5.74) is 7.03. The molecule has 0 aromatic carbocycles. The highest BCUT2D eigenvalue weighted by molar-refractivity contribution is 5.07. The van der Waals surface area contributed by atoms with Crippen molar-refractivity contribution < 1.29 is 4.74 Å². The van der Waals surface area contributed by atoms with Gasteiger partial charge < -0.3 is 10.5 Å². The minimum absolute atomic E-state index is 0.394. The maximum absolute atomic E-state index is 5.84. The minimum atomic E-state index is 0.394. The molecule has 0 atom stereocenters. The lowest BCUT2D eigenvalue weighted by molar-refractivity contribution is 0.0138. The van der Waals surface area contributed by atoms with Crippen LogP contribution in [0.1, 0.15) is 31.2 Å². The average Bonchev–Trinajstić information content (AvgIpc) is 2.30. The van der Waals surface area contributed by atoms with E-state index in [1.54, 1.807) is 12.4 Å². The van der Waals surface area contributed by atoms with Crippen molar-refractivity contribution in [2.75, 3.05) is 0 Å². The first-order valence-electron chi connectivity index (χ1n) is 5.60. The monoisotopic (exact) mass is 206 g/mol. The van der Waals surface area contributed by atoms with E-state index >= 15 is 0 Å². The molecule has 1 aliphatic carbocycles. The van der Waals surface area contributed by atoms with E-state index in [0.29, 0.717) is 18.8 Å². The normalized spacial score (nSPS) is 26.5. The molecule has 0 amide bonds. The zero-order valence-electron chi connectivity index (χ0n) is 8.93. The predicted molar refractivity (Wildman–Crippen MR) is 59.3 cm³/mol. The lowest BCUT2D eigenvalue weighted by Gasteiger charge is -2.26. The largest absolute Gasteiger partial charge is 0.374 e. The molecular weight excluding hydrogens is 188 g/mol. The van der Waals surface area contributed by atoms with E-state index in [9.17, 15) is 0 Å². The maximum Gasteiger partial charge on any atom is 0.0721 e. The van der Waals surface area contributed by atoms with Gasteiger partial charge in [-0.25, -0.2) is 0 Å². The van der Waals surface area contributed by atoms with E-state index in [2.05, 4.69) is 4.98 Å². The summed E-state index contributed by atoms with van der Waals surface area (Å²) < 4.78 is 5.83. The molecule has 1 heterocycles. The summed E-state index contributed by atoms with van der Waals surface area (Å²) in [7, 11) is 0. The molecule has 3 heteroatoms. The van der Waals surface area contributed by atoms with Crippen molar-refractivity contribution in [2.45, 2.75) is 44.4 Å². The molecule has 82 valence electrons. The summed E-state index contributed by atoms with van der Waals surface area (Å²) in [5, 5.41) is 0. The molecule has 0 unspecified atom stereocenters. The van der Waals surface area contributed by atoms with E-state index in [0.717, 1.165) is 25.7 Å². The first kappa shape index (κ1) is 10.6. The second kappa shape index (κ2) is 5.24. The zero-order chi connectivity index (χ0) is 10.5. The van der Waals surface area contributed by atoms with Crippen LogP contribution in [0.2, 0.25) is 0 Å². The summed E-state index contributed by atoms with van der Waals surface area (Å²) >= 11 is 0. The third-order valence-corrected chi connectivity index (χ3v) is 2.95. The first-order valence-corrected chi connectivity index (χ1v) is 5.60. The van der Waals surface area contributed by atoms with Gasteiger partial charge in [-0.3, -0.25) is 4.98 Å². The van der Waals surface area contributed by atoms with E-state index in [1.165, 1.54) is 5.56 Å². The van der Waals surface area contributed by atoms with Crippen molar-refractivity contribution >= 4 is 0 Å². The summed E-state index contributed by atoms with van der Waals surface area (Å²) in [4.78, 5) is 3.98. The van der Waals surface area contributed by atoms with Crippen LogP contribution in [-0.4, -0.2) is 17.1 Å². The van der Waals surface area contributed by atoms with Crippen LogP contribution in [0, 0.1) is 0 Å². The van der Waals surface area contributed by atoms with E-state index in [4.69, 9.17) is 10.5 Å². The van der Waals surface area contributed by atoms with E-state index < -0.39 is 0 Å². The summed E-state index contributed by atoms with van der Waals surface area (Å²) in [6.07, 6.45) is 8.41. The Balaban J connectivity index is 1.74. The van der Waals surface area contributed by atoms with Crippen LogP contribution in [0.4, 0.5) is 0 Å². The molecule has 3 nitrogen and oxygen atoms in total. The van der Waals surface area contributed by atoms with E-state index in [-0.39, 0.29) is 0 Å². The Morgan fingerprint density at radius 3 is 2.53 bits per heavy atom. The zero-order valence-corrected chi connectivity index (χ0v) is 8.93. The van der Waals surface area contributed by atoms with Gasteiger partial charge in [-0.1, -0.05) is 0 Å². The lowest BCUT2D eigenvalue weighted by Crippen LogP contribution is -2.30. The number of aromatic nitrogens is 1. The van der Waals surface area contributed by atoms with Crippen LogP contribution in [0.25, 0.3) is 0 Å². The molecule has 1 fully saturated rings. The third kappa shape index (κ3) is 3.29. The average molecular weight is 206 g/mol. The highest BCUT2D eigenvalue weighted by atomic mass is 16.5. The smallest absolute Gasteiger partial charge is 0.0721 e. The Morgan fingerprint density at radius 1 is 1.20 bits per heavy atom. The fourth-order valence-corrected chi connectivity index (χ4v) is 1.95. The van der Waals surface area contributed by atoms with Crippen LogP contribution < -0.4 is 5.73 Å². The molecule has 1 aliphatic rings. The number of nitrogens with two attached hydrogens (primary N) is 1. The molecular formula is C12H18N2O. The second-order valence-electron chi connectivity index (χ2n) is 4.20. The summed E-state index contributed by atoms with van der Waals surface area (Å²) in [6.45, 7) is 0.697. The Hall–Kier alpha value is -0.930. The number of hydrogen-bond acceptors (Lipinski definition) is 3. The molecule has 1 saturated carbocycles. The molecule has 2 rings (SSSR count). The highest BCUT2D eigenvalue weighted by Gasteiger charge is 2.18. The Kier molecular flexibility index (Phi) is 3.69. The topological polar surface area (TPSA) is 48.1 Å². The van der Waals surface area contributed by atoms with Gasteiger partial charge in [0.25, 0.3) is 0 Å². The van der Waals surface area contributed by atoms with Crippen molar-refractivity contribution in [3.63, 3.8) is 0 Å². The van der Waals surface area contributed by atoms with Crippen LogP contribution in [-0.2, 0) is 11.3 Å². The first-order chi connectivity index (χ1) is 7.34. The predicted octanol–water partition coefficient (Wildman–Crippen LogP) is 1.87. The van der Waals surface area contributed by atoms with Gasteiger partial charge in [0.15, 0.2) is 0 Å². The molecule has 1 aromatic heterocycles. The number of hydrogen-bond donors (Lipinski definition) is 1. The maximum atomic E-state index is 5.84. The van der Waals surface area contributed by atoms with Gasteiger partial charge in [-0.05, 0) is 43.4 Å². The number of pyridine rings is 1. The van der Waals surface area contributed by atoms with Gasteiger partial charge in [0.1, 0.15) is 0 Å². The van der Waals surface area contributed by atoms with Gasteiger partial charge >= 0.3 is 0 Å². The Bertz CT molecular complexity index is 281. The quantitative estimate of drug-likeness (QED) is 0.821. The van der Waals surface area contributed by atoms with Gasteiger partial charge in [-0.15, -0.1) is 0 Å². The molecule has 1 aromatic rings. The standard InChI is InChI=1S/C12H18N2O/c13-11-1-3-12(4-2-11)15-9-10-5-7-14-8-6-10/h5-8,11-12H,1-4,9,13H2/t11-,12-. The van der Waals surface area contributed by atoms with Crippen LogP contribution in [0.15, 0.2) is 24.5 Å². The van der Waals surface area contributed by atoms with Crippen LogP contribution in [0.5, 0.6) is 0 Å². The van der Waals surface area contributed by atoms with Crippen molar-refractivity contribution in [1.82, 2.24) is 4.98 Å². The van der Waals surface area contributed by atoms with Crippen LogP contribution >= 0.6 is 0 Å². The number of rotatable bonds is 3. The summed E-state index contributed by atoms with van der Waals surface area (Å²) in [5.74, 6) is 0. The van der Waals surface area contributed by atoms with Crippen molar-refractivity contribution in [2.24, 2.45) is 5.73 Å². The van der Waals surface area contributed by atoms with Gasteiger partial charge in [0.05, 0.1) is 12.7 Å². The second-order valence-corrected chi connectivity index (χ2v) is 4.20. The fourth-order valence-electron chi connectivity index (χ4n) is 1.95. The molecule has 0 spiro atoms. The Labute approximate surface area is 90.7 Å². The van der Waals surface area contributed by atoms with Crippen LogP contribution in [0.3, 0.4) is 0 Å². The van der Waals surface area contributed by atoms with Gasteiger partial charge in [0, 0.05) is 18.4 Å². The molecule has 0 aliphatic heterocycles. The van der Waals surface area contributed by atoms with E-state index in [1.807, 2.05) is 12.1 Å². The summed E-state index contributed by atoms with van der Waals surface area (Å²) in [6, 6.07) is 4.38. The SMILES string of the molecule is N[C@H]1CC[C@H](OCc2ccncc2)CC1. The number of nitrogens with zero attached hydrogens (tertiary/aromatic N) is 1. The van der Waals surface area contributed by atoms with Gasteiger partial charge in [-0.2, -0.15) is 0 Å². The van der Waals surface area contributed by atoms with Crippen molar-refractivity contribution in [3.8, 4) is 0 Å². The highest BCUT2D eigenvalue weighted by Crippen LogP contribution is 2.20. The minimum Gasteiger partial charge on any atom is -0.374 e. The fraction of sp³-hybridized carbons (Fsp3) is 0.583. The number of ether oxygens (including phenoxy) is 1. The molecule has 2 N–H and O–H groups in total. The molecule has 0 bridgehead atoms. The third-order valence-electron chi connectivity index (χ3n) is 2.95. The van der Waals surface area contributed by atoms with Gasteiger partial charge in [0.2, 0.25) is 0 Å². The van der Waals surface area contributed by atoms with Crippen molar-refractivity contribution in [3.05, 3.63) is 30.1 Å². The molecule has 0 radical (unpaired) electrons.